The van der Waals surface area contributed by atoms with Crippen LogP contribution in [-0.2, 0) is 11.3 Å². The Morgan fingerprint density at radius 3 is 3.00 bits per heavy atom. The van der Waals surface area contributed by atoms with Gasteiger partial charge in [0.25, 0.3) is 0 Å². The van der Waals surface area contributed by atoms with Crippen molar-refractivity contribution in [3.63, 3.8) is 0 Å². The normalized spacial score (nSPS) is 9.50. The third kappa shape index (κ3) is 2.68. The molecule has 1 aromatic rings. The van der Waals surface area contributed by atoms with Gasteiger partial charge in [0.2, 0.25) is 0 Å². The average Bonchev–Trinajstić information content (AvgIpc) is 2.03. The number of nitrogens with zero attached hydrogens (tertiary/aromatic N) is 1. The maximum Gasteiger partial charge on any atom is 0.404 e. The van der Waals surface area contributed by atoms with Crippen molar-refractivity contribution in [2.75, 3.05) is 0 Å². The van der Waals surface area contributed by atoms with Crippen LogP contribution in [0.25, 0.3) is 0 Å². The second-order valence-electron chi connectivity index (χ2n) is 1.98. The van der Waals surface area contributed by atoms with E-state index in [9.17, 15) is 4.79 Å². The molecule has 3 nitrogen and oxygen atoms in total. The zero-order chi connectivity index (χ0) is 8.97. The van der Waals surface area contributed by atoms with Crippen LogP contribution in [-0.4, -0.2) is 10.4 Å². The molecule has 0 saturated carbocycles. The van der Waals surface area contributed by atoms with E-state index in [2.05, 4.69) is 9.72 Å². The zero-order valence-corrected chi connectivity index (χ0v) is 7.47. The number of hydrogen-bond acceptors (Lipinski definition) is 3. The molecular formula is C7H5Cl2NO2. The summed E-state index contributed by atoms with van der Waals surface area (Å²) in [7, 11) is 0. The Morgan fingerprint density at radius 1 is 1.67 bits per heavy atom. The van der Waals surface area contributed by atoms with Crippen LogP contribution in [0.1, 0.15) is 5.56 Å². The lowest BCUT2D eigenvalue weighted by Crippen LogP contribution is -1.96. The minimum absolute atomic E-state index is 0.0506. The quantitative estimate of drug-likeness (QED) is 0.551. The zero-order valence-electron chi connectivity index (χ0n) is 5.96. The molecule has 5 heteroatoms. The summed E-state index contributed by atoms with van der Waals surface area (Å²) < 4.78 is 4.51. The average molecular weight is 206 g/mol. The first-order valence-electron chi connectivity index (χ1n) is 3.12. The van der Waals surface area contributed by atoms with E-state index in [0.29, 0.717) is 10.7 Å². The number of rotatable bonds is 2. The molecule has 1 aromatic heterocycles. The molecule has 0 N–H and O–H groups in total. The molecule has 0 aliphatic heterocycles. The molecular weight excluding hydrogens is 201 g/mol. The molecule has 0 atom stereocenters. The molecule has 0 amide bonds. The largest absolute Gasteiger partial charge is 0.449 e. The van der Waals surface area contributed by atoms with Gasteiger partial charge in [-0.15, -0.1) is 0 Å². The molecule has 0 radical (unpaired) electrons. The van der Waals surface area contributed by atoms with E-state index in [-0.39, 0.29) is 6.61 Å². The van der Waals surface area contributed by atoms with Gasteiger partial charge in [-0.05, 0) is 6.07 Å². The minimum atomic E-state index is -0.852. The van der Waals surface area contributed by atoms with Crippen LogP contribution < -0.4 is 0 Å². The summed E-state index contributed by atoms with van der Waals surface area (Å²) in [6.45, 7) is 0.0506. The Bertz CT molecular complexity index is 290. The van der Waals surface area contributed by atoms with E-state index in [4.69, 9.17) is 23.2 Å². The van der Waals surface area contributed by atoms with Crippen molar-refractivity contribution in [1.82, 2.24) is 4.98 Å². The van der Waals surface area contributed by atoms with Gasteiger partial charge < -0.3 is 4.74 Å². The highest BCUT2D eigenvalue weighted by Crippen LogP contribution is 2.12. The van der Waals surface area contributed by atoms with Crippen molar-refractivity contribution in [1.29, 1.82) is 0 Å². The number of carbonyl (C=O) groups excluding carboxylic acids is 1. The Balaban J connectivity index is 2.63. The SMILES string of the molecule is O=C(Cl)OCc1cccnc1Cl. The van der Waals surface area contributed by atoms with Gasteiger partial charge in [0.05, 0.1) is 0 Å². The first-order valence-corrected chi connectivity index (χ1v) is 3.87. The molecule has 12 heavy (non-hydrogen) atoms. The van der Waals surface area contributed by atoms with Gasteiger partial charge in [0, 0.05) is 23.4 Å². The van der Waals surface area contributed by atoms with Crippen molar-refractivity contribution in [2.45, 2.75) is 6.61 Å². The molecule has 0 aromatic carbocycles. The molecule has 0 saturated heterocycles. The van der Waals surface area contributed by atoms with Crippen molar-refractivity contribution >= 4 is 28.6 Å². The molecule has 0 fully saturated rings. The lowest BCUT2D eigenvalue weighted by molar-refractivity contribution is 0.167. The molecule has 0 unspecified atom stereocenters. The van der Waals surface area contributed by atoms with Crippen LogP contribution in [0.4, 0.5) is 4.79 Å². The molecule has 1 heterocycles. The molecule has 1 rings (SSSR count). The van der Waals surface area contributed by atoms with Crippen LogP contribution in [0, 0.1) is 0 Å². The number of halogens is 2. The van der Waals surface area contributed by atoms with Gasteiger partial charge in [-0.25, -0.2) is 9.78 Å². The second kappa shape index (κ2) is 4.28. The van der Waals surface area contributed by atoms with Crippen LogP contribution in [0.3, 0.4) is 0 Å². The summed E-state index contributed by atoms with van der Waals surface area (Å²) in [5, 5.41) is 0.315. The number of carbonyl (C=O) groups is 1. The standard InChI is InChI=1S/C7H5Cl2NO2/c8-6-5(2-1-3-10-6)4-12-7(9)11/h1-3H,4H2. The maximum absolute atomic E-state index is 10.2. The third-order valence-electron chi connectivity index (χ3n) is 1.18. The van der Waals surface area contributed by atoms with Crippen molar-refractivity contribution in [3.8, 4) is 0 Å². The van der Waals surface area contributed by atoms with E-state index in [1.807, 2.05) is 0 Å². The molecule has 64 valence electrons. The summed E-state index contributed by atoms with van der Waals surface area (Å²) in [6, 6.07) is 3.40. The fraction of sp³-hybridized carbons (Fsp3) is 0.143. The van der Waals surface area contributed by atoms with Gasteiger partial charge in [-0.2, -0.15) is 0 Å². The Morgan fingerprint density at radius 2 is 2.42 bits per heavy atom. The first kappa shape index (κ1) is 9.29. The van der Waals surface area contributed by atoms with Crippen molar-refractivity contribution in [2.24, 2.45) is 0 Å². The summed E-state index contributed by atoms with van der Waals surface area (Å²) >= 11 is 10.6. The van der Waals surface area contributed by atoms with Gasteiger partial charge in [0.15, 0.2) is 0 Å². The topological polar surface area (TPSA) is 39.2 Å². The Labute approximate surface area is 79.3 Å². The minimum Gasteiger partial charge on any atom is -0.449 e. The smallest absolute Gasteiger partial charge is 0.404 e. The summed E-state index contributed by atoms with van der Waals surface area (Å²) in [6.07, 6.45) is 1.55. The second-order valence-corrected chi connectivity index (χ2v) is 2.65. The van der Waals surface area contributed by atoms with Gasteiger partial charge in [0.1, 0.15) is 11.8 Å². The van der Waals surface area contributed by atoms with E-state index < -0.39 is 5.43 Å². The lowest BCUT2D eigenvalue weighted by Gasteiger charge is -2.01. The molecule has 0 aliphatic rings. The number of ether oxygens (including phenoxy) is 1. The highest BCUT2D eigenvalue weighted by atomic mass is 35.5. The Hall–Kier alpha value is -0.800. The number of hydrogen-bond donors (Lipinski definition) is 0. The fourth-order valence-corrected chi connectivity index (χ4v) is 0.890. The highest BCUT2D eigenvalue weighted by Gasteiger charge is 2.02. The molecule has 0 aliphatic carbocycles. The van der Waals surface area contributed by atoms with Crippen LogP contribution in [0.5, 0.6) is 0 Å². The maximum atomic E-state index is 10.2. The number of aromatic nitrogens is 1. The van der Waals surface area contributed by atoms with Crippen molar-refractivity contribution < 1.29 is 9.53 Å². The summed E-state index contributed by atoms with van der Waals surface area (Å²) in [5.41, 5.74) is -0.219. The van der Waals surface area contributed by atoms with Crippen LogP contribution in [0.2, 0.25) is 5.15 Å². The van der Waals surface area contributed by atoms with E-state index in [0.717, 1.165) is 0 Å². The highest BCUT2D eigenvalue weighted by molar-refractivity contribution is 6.61. The summed E-state index contributed by atoms with van der Waals surface area (Å²) in [4.78, 5) is 14.0. The first-order chi connectivity index (χ1) is 5.70. The monoisotopic (exact) mass is 205 g/mol. The third-order valence-corrected chi connectivity index (χ3v) is 1.63. The molecule has 0 spiro atoms. The summed E-state index contributed by atoms with van der Waals surface area (Å²) in [5.74, 6) is 0. The Kier molecular flexibility index (Phi) is 3.31. The predicted octanol–water partition coefficient (Wildman–Crippen LogP) is 2.61. The van der Waals surface area contributed by atoms with Crippen LogP contribution in [0.15, 0.2) is 18.3 Å². The molecule has 0 bridgehead atoms. The van der Waals surface area contributed by atoms with Gasteiger partial charge in [-0.1, -0.05) is 17.7 Å². The van der Waals surface area contributed by atoms with Gasteiger partial charge in [-0.3, -0.25) is 0 Å². The predicted molar refractivity (Wildman–Crippen MR) is 45.3 cm³/mol. The number of pyridine rings is 1. The van der Waals surface area contributed by atoms with Crippen LogP contribution >= 0.6 is 23.2 Å². The van der Waals surface area contributed by atoms with E-state index in [1.165, 1.54) is 0 Å². The van der Waals surface area contributed by atoms with E-state index in [1.54, 1.807) is 18.3 Å². The van der Waals surface area contributed by atoms with E-state index >= 15 is 0 Å². The fourth-order valence-electron chi connectivity index (χ4n) is 0.661. The van der Waals surface area contributed by atoms with Gasteiger partial charge >= 0.3 is 5.43 Å². The lowest BCUT2D eigenvalue weighted by atomic mass is 10.3. The van der Waals surface area contributed by atoms with Crippen molar-refractivity contribution in [3.05, 3.63) is 29.0 Å².